The lowest BCUT2D eigenvalue weighted by atomic mass is 10.0. The average molecular weight is 482 g/mol. The number of nitrogens with one attached hydrogen (secondary N) is 2. The molecule has 1 fully saturated rings. The summed E-state index contributed by atoms with van der Waals surface area (Å²) in [7, 11) is 0. The summed E-state index contributed by atoms with van der Waals surface area (Å²) in [5.74, 6) is 0.783. The maximum Gasteiger partial charge on any atom is 0.247 e. The fourth-order valence-corrected chi connectivity index (χ4v) is 4.33. The molecular formula is C28H27N5O3. The number of fused-ring (bicyclic) bond motifs is 1. The van der Waals surface area contributed by atoms with Gasteiger partial charge in [0.05, 0.1) is 18.6 Å². The van der Waals surface area contributed by atoms with Gasteiger partial charge in [-0.1, -0.05) is 43.0 Å². The molecule has 8 nitrogen and oxygen atoms in total. The first-order valence-corrected chi connectivity index (χ1v) is 11.9. The van der Waals surface area contributed by atoms with Crippen molar-refractivity contribution in [2.75, 3.05) is 36.5 Å². The number of morpholine rings is 1. The van der Waals surface area contributed by atoms with Crippen molar-refractivity contribution in [3.8, 4) is 11.3 Å². The largest absolute Gasteiger partial charge is 0.378 e. The van der Waals surface area contributed by atoms with Crippen LogP contribution in [0.15, 0.2) is 73.6 Å². The number of Topliss-reactive ketones (excluding diaryl/α,β-unsaturated/α-hetero) is 1. The summed E-state index contributed by atoms with van der Waals surface area (Å²) in [6.45, 7) is 6.45. The van der Waals surface area contributed by atoms with E-state index in [0.29, 0.717) is 31.7 Å². The quantitative estimate of drug-likeness (QED) is 0.370. The Morgan fingerprint density at radius 3 is 2.33 bits per heavy atom. The zero-order valence-corrected chi connectivity index (χ0v) is 19.9. The number of H-pyrrole nitrogens is 1. The predicted octanol–water partition coefficient (Wildman–Crippen LogP) is 3.94. The van der Waals surface area contributed by atoms with E-state index >= 15 is 0 Å². The molecule has 0 unspecified atom stereocenters. The third-order valence-electron chi connectivity index (χ3n) is 6.19. The lowest BCUT2D eigenvalue weighted by Gasteiger charge is -2.27. The van der Waals surface area contributed by atoms with Crippen LogP contribution in [0.25, 0.3) is 22.3 Å². The molecule has 5 rings (SSSR count). The standard InChI is InChI=1S/C28H27N5O3/c1-2-26(35)31-22-9-5-20(6-10-22)16-23(34)15-19-3-7-21(8-4-19)25-17-24-27(32-25)29-18-30-28(24)33-11-13-36-14-12-33/h2-10,17-18H,1,11-16H2,(H,31,35)(H,29,30,32). The Morgan fingerprint density at radius 1 is 1.00 bits per heavy atom. The lowest BCUT2D eigenvalue weighted by Crippen LogP contribution is -2.36. The zero-order chi connectivity index (χ0) is 24.9. The van der Waals surface area contributed by atoms with Gasteiger partial charge in [-0.25, -0.2) is 9.97 Å². The molecule has 1 aliphatic rings. The SMILES string of the molecule is C=CC(=O)Nc1ccc(CC(=O)Cc2ccc(-c3cc4c(N5CCOCC5)ncnc4[nH]3)cc2)cc1. The Hall–Kier alpha value is -4.30. The summed E-state index contributed by atoms with van der Waals surface area (Å²) in [6.07, 6.45) is 3.50. The van der Waals surface area contributed by atoms with Crippen molar-refractivity contribution < 1.29 is 14.3 Å². The van der Waals surface area contributed by atoms with Crippen LogP contribution in [0.2, 0.25) is 0 Å². The smallest absolute Gasteiger partial charge is 0.247 e. The van der Waals surface area contributed by atoms with Crippen molar-refractivity contribution in [1.82, 2.24) is 15.0 Å². The molecule has 4 aromatic rings. The molecule has 3 heterocycles. The summed E-state index contributed by atoms with van der Waals surface area (Å²) in [4.78, 5) is 38.6. The van der Waals surface area contributed by atoms with Gasteiger partial charge in [-0.3, -0.25) is 9.59 Å². The van der Waals surface area contributed by atoms with E-state index in [4.69, 9.17) is 4.74 Å². The van der Waals surface area contributed by atoms with Crippen molar-refractivity contribution in [1.29, 1.82) is 0 Å². The predicted molar refractivity (Wildman–Crippen MR) is 140 cm³/mol. The maximum absolute atomic E-state index is 12.6. The third-order valence-corrected chi connectivity index (χ3v) is 6.19. The van der Waals surface area contributed by atoms with E-state index < -0.39 is 0 Å². The molecule has 0 radical (unpaired) electrons. The molecule has 36 heavy (non-hydrogen) atoms. The highest BCUT2D eigenvalue weighted by atomic mass is 16.5. The molecule has 1 amide bonds. The number of hydrogen-bond acceptors (Lipinski definition) is 6. The molecule has 2 aromatic carbocycles. The fraction of sp³-hybridized carbons (Fsp3) is 0.214. The summed E-state index contributed by atoms with van der Waals surface area (Å²) >= 11 is 0. The Labute approximate surface area is 209 Å². The Morgan fingerprint density at radius 2 is 1.67 bits per heavy atom. The number of benzene rings is 2. The van der Waals surface area contributed by atoms with Gasteiger partial charge in [0.1, 0.15) is 23.6 Å². The molecule has 0 aliphatic carbocycles. The number of aromatic nitrogens is 3. The van der Waals surface area contributed by atoms with Gasteiger partial charge < -0.3 is 19.9 Å². The minimum absolute atomic E-state index is 0.127. The summed E-state index contributed by atoms with van der Waals surface area (Å²) in [6, 6.07) is 17.4. The highest BCUT2D eigenvalue weighted by Gasteiger charge is 2.17. The molecule has 0 atom stereocenters. The Kier molecular flexibility index (Phi) is 6.86. The number of rotatable bonds is 8. The van der Waals surface area contributed by atoms with Crippen molar-refractivity contribution in [2.24, 2.45) is 0 Å². The van der Waals surface area contributed by atoms with Gasteiger partial charge in [0, 0.05) is 37.3 Å². The summed E-state index contributed by atoms with van der Waals surface area (Å²) < 4.78 is 5.47. The van der Waals surface area contributed by atoms with Crippen LogP contribution in [0, 0.1) is 0 Å². The van der Waals surface area contributed by atoms with Crippen LogP contribution in [0.1, 0.15) is 11.1 Å². The molecule has 0 bridgehead atoms. The minimum atomic E-state index is -0.264. The van der Waals surface area contributed by atoms with Gasteiger partial charge in [-0.2, -0.15) is 0 Å². The first-order valence-electron chi connectivity index (χ1n) is 11.9. The molecule has 8 heteroatoms. The summed E-state index contributed by atoms with van der Waals surface area (Å²) in [5, 5.41) is 3.69. The Balaban J connectivity index is 1.24. The topological polar surface area (TPSA) is 100 Å². The first-order chi connectivity index (χ1) is 17.6. The van der Waals surface area contributed by atoms with Gasteiger partial charge >= 0.3 is 0 Å². The van der Waals surface area contributed by atoms with E-state index in [0.717, 1.165) is 52.3 Å². The van der Waals surface area contributed by atoms with E-state index in [1.165, 1.54) is 6.08 Å². The van der Waals surface area contributed by atoms with E-state index in [-0.39, 0.29) is 11.7 Å². The van der Waals surface area contributed by atoms with Gasteiger partial charge in [0.25, 0.3) is 0 Å². The highest BCUT2D eigenvalue weighted by molar-refractivity contribution is 5.98. The third kappa shape index (κ3) is 5.34. The van der Waals surface area contributed by atoms with Gasteiger partial charge in [0.2, 0.25) is 5.91 Å². The van der Waals surface area contributed by atoms with Gasteiger partial charge in [0.15, 0.2) is 0 Å². The number of carbonyl (C=O) groups is 2. The van der Waals surface area contributed by atoms with E-state index in [2.05, 4.69) is 37.8 Å². The number of nitrogens with zero attached hydrogens (tertiary/aromatic N) is 3. The number of ketones is 1. The zero-order valence-electron chi connectivity index (χ0n) is 19.9. The second-order valence-electron chi connectivity index (χ2n) is 8.72. The number of carbonyl (C=O) groups excluding carboxylic acids is 2. The molecule has 0 saturated carbocycles. The normalized spacial score (nSPS) is 13.5. The highest BCUT2D eigenvalue weighted by Crippen LogP contribution is 2.29. The number of amides is 1. The fourth-order valence-electron chi connectivity index (χ4n) is 4.33. The lowest BCUT2D eigenvalue weighted by molar-refractivity contribution is -0.117. The van der Waals surface area contributed by atoms with Gasteiger partial charge in [-0.15, -0.1) is 0 Å². The molecule has 0 spiro atoms. The van der Waals surface area contributed by atoms with E-state index in [1.807, 2.05) is 36.4 Å². The molecule has 182 valence electrons. The van der Waals surface area contributed by atoms with Crippen LogP contribution in [0.4, 0.5) is 11.5 Å². The second-order valence-corrected chi connectivity index (χ2v) is 8.72. The van der Waals surface area contributed by atoms with E-state index in [1.54, 1.807) is 18.5 Å². The first kappa shape index (κ1) is 23.4. The van der Waals surface area contributed by atoms with Crippen LogP contribution in [0.3, 0.4) is 0 Å². The minimum Gasteiger partial charge on any atom is -0.378 e. The maximum atomic E-state index is 12.6. The van der Waals surface area contributed by atoms with Crippen molar-refractivity contribution in [3.05, 3.63) is 84.7 Å². The number of ether oxygens (including phenoxy) is 1. The molecule has 2 aromatic heterocycles. The van der Waals surface area contributed by atoms with Crippen LogP contribution in [0.5, 0.6) is 0 Å². The van der Waals surface area contributed by atoms with Crippen LogP contribution in [-0.4, -0.2) is 52.9 Å². The molecule has 2 N–H and O–H groups in total. The number of anilines is 2. The van der Waals surface area contributed by atoms with Gasteiger partial charge in [-0.05, 0) is 41.0 Å². The van der Waals surface area contributed by atoms with Crippen LogP contribution >= 0.6 is 0 Å². The number of aromatic amines is 1. The van der Waals surface area contributed by atoms with Crippen LogP contribution < -0.4 is 10.2 Å². The van der Waals surface area contributed by atoms with Crippen molar-refractivity contribution in [2.45, 2.75) is 12.8 Å². The monoisotopic (exact) mass is 481 g/mol. The van der Waals surface area contributed by atoms with Crippen LogP contribution in [-0.2, 0) is 27.2 Å². The average Bonchev–Trinajstić information content (AvgIpc) is 3.35. The molecule has 1 saturated heterocycles. The van der Waals surface area contributed by atoms with Crippen molar-refractivity contribution in [3.63, 3.8) is 0 Å². The molecule has 1 aliphatic heterocycles. The number of hydrogen-bond donors (Lipinski definition) is 2. The molecular weight excluding hydrogens is 454 g/mol. The summed E-state index contributed by atoms with van der Waals surface area (Å²) in [5.41, 5.74) is 5.32. The van der Waals surface area contributed by atoms with E-state index in [9.17, 15) is 9.59 Å². The second kappa shape index (κ2) is 10.5. The van der Waals surface area contributed by atoms with Crippen molar-refractivity contribution >= 4 is 34.2 Å². The Bertz CT molecular complexity index is 1390.